The number of hydrogen-bond acceptors (Lipinski definition) is 6. The molecule has 2 heterocycles. The summed E-state index contributed by atoms with van der Waals surface area (Å²) in [5.74, 6) is -0.129. The molecule has 2 aliphatic rings. The molecular formula is C27H26Cl2F3N7O2. The number of nitriles is 1. The number of alkyl carbamates (subject to hydrolysis) is 1. The standard InChI is InChI=1S/C27H26Cl2F3N7O2/c1-2-11-41-26(40)36-23-15-39(37-24(23)17-6-8-20(28)21(29)12-17)25(34-16-33)35-22-13-19(27(30,31)32)7-5-18(22)14-38-9-3-4-10-38/h2,5-8,12-13,23H,1,3-4,9-11,14-15H2,(H,34,35)(H,36,40). The number of ether oxygens (including phenoxy) is 1. The van der Waals surface area contributed by atoms with Crippen LogP contribution in [0.25, 0.3) is 0 Å². The van der Waals surface area contributed by atoms with Crippen LogP contribution in [0.5, 0.6) is 0 Å². The number of alkyl halides is 3. The van der Waals surface area contributed by atoms with Crippen LogP contribution in [0.2, 0.25) is 10.0 Å². The largest absolute Gasteiger partial charge is 0.445 e. The van der Waals surface area contributed by atoms with E-state index in [2.05, 4.69) is 32.2 Å². The molecular weight excluding hydrogens is 582 g/mol. The fourth-order valence-corrected chi connectivity index (χ4v) is 4.79. The SMILES string of the molecule is C=CCOC(=O)NC1CN(/C(=N\C#N)Nc2cc(C(F)(F)F)ccc2CN2CCCC2)N=C1c1ccc(Cl)c(Cl)c1. The highest BCUT2D eigenvalue weighted by Gasteiger charge is 2.34. The van der Waals surface area contributed by atoms with E-state index in [0.717, 1.165) is 38.1 Å². The van der Waals surface area contributed by atoms with Crippen LogP contribution >= 0.6 is 23.2 Å². The summed E-state index contributed by atoms with van der Waals surface area (Å²) in [5, 5.41) is 21.4. The average Bonchev–Trinajstić information content (AvgIpc) is 3.59. The van der Waals surface area contributed by atoms with E-state index in [4.69, 9.17) is 27.9 Å². The molecule has 4 rings (SSSR count). The number of halogens is 5. The minimum Gasteiger partial charge on any atom is -0.445 e. The average molecular weight is 608 g/mol. The van der Waals surface area contributed by atoms with Gasteiger partial charge in [-0.1, -0.05) is 48.0 Å². The quantitative estimate of drug-likeness (QED) is 0.177. The smallest absolute Gasteiger partial charge is 0.416 e. The predicted molar refractivity (Wildman–Crippen MR) is 151 cm³/mol. The van der Waals surface area contributed by atoms with Crippen molar-refractivity contribution in [3.63, 3.8) is 0 Å². The van der Waals surface area contributed by atoms with E-state index in [1.807, 2.05) is 0 Å². The molecule has 0 aromatic heterocycles. The van der Waals surface area contributed by atoms with Crippen LogP contribution in [0.3, 0.4) is 0 Å². The van der Waals surface area contributed by atoms with Gasteiger partial charge in [0.25, 0.3) is 0 Å². The minimum absolute atomic E-state index is 0.0211. The summed E-state index contributed by atoms with van der Waals surface area (Å²) in [4.78, 5) is 18.3. The van der Waals surface area contributed by atoms with E-state index in [1.165, 1.54) is 17.2 Å². The Labute approximate surface area is 244 Å². The first kappa shape index (κ1) is 30.2. The maximum Gasteiger partial charge on any atom is 0.416 e. The number of hydrazone groups is 1. The molecule has 0 aliphatic carbocycles. The Morgan fingerprint density at radius 3 is 2.63 bits per heavy atom. The van der Waals surface area contributed by atoms with Crippen LogP contribution < -0.4 is 10.6 Å². The third kappa shape index (κ3) is 7.70. The Morgan fingerprint density at radius 2 is 1.98 bits per heavy atom. The highest BCUT2D eigenvalue weighted by atomic mass is 35.5. The zero-order chi connectivity index (χ0) is 29.6. The second-order valence-electron chi connectivity index (χ2n) is 9.29. The second-order valence-corrected chi connectivity index (χ2v) is 10.1. The Kier molecular flexibility index (Phi) is 9.75. The van der Waals surface area contributed by atoms with Gasteiger partial charge in [0.05, 0.1) is 33.9 Å². The maximum absolute atomic E-state index is 13.6. The lowest BCUT2D eigenvalue weighted by Crippen LogP contribution is -2.44. The van der Waals surface area contributed by atoms with Gasteiger partial charge in [-0.15, -0.1) is 4.99 Å². The van der Waals surface area contributed by atoms with E-state index >= 15 is 0 Å². The third-order valence-electron chi connectivity index (χ3n) is 6.43. The first-order chi connectivity index (χ1) is 19.6. The molecule has 2 aromatic rings. The second kappa shape index (κ2) is 13.2. The van der Waals surface area contributed by atoms with Gasteiger partial charge in [-0.2, -0.15) is 23.5 Å². The number of amides is 1. The molecule has 9 nitrogen and oxygen atoms in total. The van der Waals surface area contributed by atoms with Crippen molar-refractivity contribution in [1.82, 2.24) is 15.2 Å². The molecule has 0 radical (unpaired) electrons. The van der Waals surface area contributed by atoms with E-state index in [1.54, 1.807) is 24.4 Å². The first-order valence-corrected chi connectivity index (χ1v) is 13.4. The van der Waals surface area contributed by atoms with Gasteiger partial charge < -0.3 is 15.4 Å². The molecule has 14 heteroatoms. The van der Waals surface area contributed by atoms with Crippen molar-refractivity contribution in [3.8, 4) is 6.19 Å². The lowest BCUT2D eigenvalue weighted by Gasteiger charge is -2.23. The lowest BCUT2D eigenvalue weighted by molar-refractivity contribution is -0.137. The Hall–Kier alpha value is -3.79. The number of carbonyl (C=O) groups excluding carboxylic acids is 1. The molecule has 41 heavy (non-hydrogen) atoms. The van der Waals surface area contributed by atoms with Crippen LogP contribution in [-0.2, 0) is 17.5 Å². The van der Waals surface area contributed by atoms with Gasteiger partial charge in [0.1, 0.15) is 6.61 Å². The first-order valence-electron chi connectivity index (χ1n) is 12.6. The fourth-order valence-electron chi connectivity index (χ4n) is 4.49. The van der Waals surface area contributed by atoms with Crippen molar-refractivity contribution in [2.45, 2.75) is 31.6 Å². The van der Waals surface area contributed by atoms with Crippen molar-refractivity contribution in [2.75, 3.05) is 31.6 Å². The summed E-state index contributed by atoms with van der Waals surface area (Å²) in [6.45, 7) is 5.54. The number of hydrogen-bond donors (Lipinski definition) is 2. The zero-order valence-electron chi connectivity index (χ0n) is 21.7. The van der Waals surface area contributed by atoms with Gasteiger partial charge >= 0.3 is 12.3 Å². The van der Waals surface area contributed by atoms with Crippen LogP contribution in [-0.4, -0.2) is 60.0 Å². The summed E-state index contributed by atoms with van der Waals surface area (Å²) >= 11 is 12.3. The predicted octanol–water partition coefficient (Wildman–Crippen LogP) is 5.86. The Morgan fingerprint density at radius 1 is 1.22 bits per heavy atom. The molecule has 1 saturated heterocycles. The molecule has 0 saturated carbocycles. The Balaban J connectivity index is 1.68. The maximum atomic E-state index is 13.6. The highest BCUT2D eigenvalue weighted by Crippen LogP contribution is 2.33. The molecule has 2 aliphatic heterocycles. The minimum atomic E-state index is -4.58. The summed E-state index contributed by atoms with van der Waals surface area (Å²) in [6, 6.07) is 7.44. The van der Waals surface area contributed by atoms with Crippen molar-refractivity contribution >= 4 is 46.7 Å². The summed E-state index contributed by atoms with van der Waals surface area (Å²) in [6.07, 6.45) is -0.228. The molecule has 1 fully saturated rings. The number of guanidine groups is 1. The molecule has 2 N–H and O–H groups in total. The number of likely N-dealkylation sites (tertiary alicyclic amines) is 1. The summed E-state index contributed by atoms with van der Waals surface area (Å²) < 4.78 is 45.9. The number of carbonyl (C=O) groups is 1. The number of aliphatic imine (C=N–C) groups is 1. The number of nitrogens with zero attached hydrogens (tertiary/aromatic N) is 5. The van der Waals surface area contributed by atoms with Gasteiger partial charge in [0.2, 0.25) is 12.2 Å². The van der Waals surface area contributed by atoms with Crippen LogP contribution in [0.1, 0.15) is 29.5 Å². The number of nitrogens with one attached hydrogen (secondary N) is 2. The van der Waals surface area contributed by atoms with Crippen molar-refractivity contribution in [2.24, 2.45) is 10.1 Å². The normalized spacial score (nSPS) is 17.7. The number of rotatable bonds is 7. The topological polar surface area (TPSA) is 105 Å². The van der Waals surface area contributed by atoms with Gasteiger partial charge in [-0.05, 0) is 55.8 Å². The van der Waals surface area contributed by atoms with Gasteiger partial charge in [0.15, 0.2) is 0 Å². The van der Waals surface area contributed by atoms with Crippen molar-refractivity contribution in [3.05, 3.63) is 75.8 Å². The molecule has 1 unspecified atom stereocenters. The molecule has 1 amide bonds. The van der Waals surface area contributed by atoms with Crippen molar-refractivity contribution in [1.29, 1.82) is 5.26 Å². The van der Waals surface area contributed by atoms with Gasteiger partial charge in [-0.25, -0.2) is 9.80 Å². The molecule has 0 bridgehead atoms. The van der Waals surface area contributed by atoms with Gasteiger partial charge in [-0.3, -0.25) is 4.90 Å². The highest BCUT2D eigenvalue weighted by molar-refractivity contribution is 6.42. The van der Waals surface area contributed by atoms with E-state index in [9.17, 15) is 23.2 Å². The number of anilines is 1. The van der Waals surface area contributed by atoms with Crippen LogP contribution in [0.4, 0.5) is 23.7 Å². The monoisotopic (exact) mass is 607 g/mol. The van der Waals surface area contributed by atoms with Crippen LogP contribution in [0.15, 0.2) is 59.1 Å². The van der Waals surface area contributed by atoms with E-state index in [-0.39, 0.29) is 29.8 Å². The summed E-state index contributed by atoms with van der Waals surface area (Å²) in [7, 11) is 0. The third-order valence-corrected chi connectivity index (χ3v) is 7.17. The summed E-state index contributed by atoms with van der Waals surface area (Å²) in [5.41, 5.74) is 0.733. The van der Waals surface area contributed by atoms with Crippen LogP contribution in [0, 0.1) is 11.5 Å². The van der Waals surface area contributed by atoms with E-state index in [0.29, 0.717) is 28.4 Å². The molecule has 0 spiro atoms. The Bertz CT molecular complexity index is 1400. The number of benzene rings is 2. The van der Waals surface area contributed by atoms with E-state index < -0.39 is 23.9 Å². The van der Waals surface area contributed by atoms with Crippen molar-refractivity contribution < 1.29 is 22.7 Å². The molecule has 2 aromatic carbocycles. The lowest BCUT2D eigenvalue weighted by atomic mass is 10.0. The van der Waals surface area contributed by atoms with Gasteiger partial charge in [0, 0.05) is 17.8 Å². The molecule has 1 atom stereocenters. The zero-order valence-corrected chi connectivity index (χ0v) is 23.2. The molecule has 216 valence electrons. The fraction of sp³-hybridized carbons (Fsp3) is 0.333.